The number of aromatic nitrogens is 3. The molecular formula is C22H31N5O2. The lowest BCUT2D eigenvalue weighted by Crippen LogP contribution is -2.35. The number of hydrogen-bond acceptors (Lipinski definition) is 5. The van der Waals surface area contributed by atoms with E-state index in [1.165, 1.54) is 12.8 Å². The van der Waals surface area contributed by atoms with Crippen LogP contribution in [0.4, 0.5) is 0 Å². The molecule has 4 rings (SSSR count). The zero-order valence-electron chi connectivity index (χ0n) is 17.5. The maximum atomic E-state index is 12.9. The first-order chi connectivity index (χ1) is 14.2. The predicted octanol–water partition coefficient (Wildman–Crippen LogP) is 2.46. The molecule has 1 aromatic heterocycles. The summed E-state index contributed by atoms with van der Waals surface area (Å²) in [6, 6.07) is 8.27. The van der Waals surface area contributed by atoms with E-state index in [-0.39, 0.29) is 5.91 Å². The number of piperidine rings is 1. The Labute approximate surface area is 172 Å². The van der Waals surface area contributed by atoms with E-state index in [4.69, 9.17) is 4.74 Å². The predicted molar refractivity (Wildman–Crippen MR) is 111 cm³/mol. The molecule has 7 heteroatoms. The Hall–Kier alpha value is -2.41. The van der Waals surface area contributed by atoms with Gasteiger partial charge in [0.1, 0.15) is 17.4 Å². The number of nitrogens with zero attached hydrogens (tertiary/aromatic N) is 5. The number of aryl methyl sites for hydroxylation is 1. The van der Waals surface area contributed by atoms with Crippen molar-refractivity contribution in [3.05, 3.63) is 41.5 Å². The number of hydrogen-bond donors (Lipinski definition) is 0. The average Bonchev–Trinajstić information content (AvgIpc) is 3.03. The highest BCUT2D eigenvalue weighted by atomic mass is 16.5. The molecule has 1 atom stereocenters. The zero-order chi connectivity index (χ0) is 20.2. The summed E-state index contributed by atoms with van der Waals surface area (Å²) in [4.78, 5) is 17.2. The van der Waals surface area contributed by atoms with Crippen molar-refractivity contribution in [2.24, 2.45) is 0 Å². The Kier molecular flexibility index (Phi) is 6.13. The van der Waals surface area contributed by atoms with Crippen LogP contribution in [-0.2, 0) is 24.2 Å². The maximum Gasteiger partial charge on any atom is 0.222 e. The summed E-state index contributed by atoms with van der Waals surface area (Å²) in [5, 5.41) is 9.00. The first-order valence-electron chi connectivity index (χ1n) is 10.7. The van der Waals surface area contributed by atoms with Gasteiger partial charge in [-0.15, -0.1) is 10.2 Å². The van der Waals surface area contributed by atoms with Crippen LogP contribution in [0, 0.1) is 0 Å². The summed E-state index contributed by atoms with van der Waals surface area (Å²) in [6.45, 7) is 3.32. The van der Waals surface area contributed by atoms with Gasteiger partial charge in [-0.3, -0.25) is 9.69 Å². The fraction of sp³-hybridized carbons (Fsp3) is 0.591. The minimum atomic E-state index is 0.200. The van der Waals surface area contributed by atoms with Gasteiger partial charge < -0.3 is 14.2 Å². The molecule has 0 bridgehead atoms. The van der Waals surface area contributed by atoms with Gasteiger partial charge in [-0.2, -0.15) is 0 Å². The summed E-state index contributed by atoms with van der Waals surface area (Å²) >= 11 is 0. The van der Waals surface area contributed by atoms with Crippen LogP contribution in [0.1, 0.15) is 48.9 Å². The monoisotopic (exact) mass is 397 g/mol. The van der Waals surface area contributed by atoms with E-state index in [0.717, 1.165) is 55.4 Å². The van der Waals surface area contributed by atoms with Crippen LogP contribution in [-0.4, -0.2) is 64.3 Å². The molecule has 1 fully saturated rings. The molecular weight excluding hydrogens is 366 g/mol. The van der Waals surface area contributed by atoms with Crippen molar-refractivity contribution in [1.29, 1.82) is 0 Å². The lowest BCUT2D eigenvalue weighted by Gasteiger charge is -2.32. The number of rotatable bonds is 5. The topological polar surface area (TPSA) is 63.5 Å². The maximum absolute atomic E-state index is 12.9. The van der Waals surface area contributed by atoms with Crippen molar-refractivity contribution in [2.45, 2.75) is 51.1 Å². The van der Waals surface area contributed by atoms with Crippen molar-refractivity contribution >= 4 is 5.91 Å². The molecule has 0 spiro atoms. The lowest BCUT2D eigenvalue weighted by atomic mass is 10.0. The standard InChI is InChI=1S/C22H31N5O2/c1-25-13-6-5-8-18(25)22-24-23-20-12-14-26(15-16-27(20)22)21(28)11-10-17-7-3-4-9-19(17)29-2/h3-4,7,9,18H,5-6,8,10-16H2,1-2H3/t18-/m1/s1. The summed E-state index contributed by atoms with van der Waals surface area (Å²) in [6.07, 6.45) is 5.59. The first kappa shape index (κ1) is 19.9. The van der Waals surface area contributed by atoms with E-state index in [0.29, 0.717) is 25.4 Å². The van der Waals surface area contributed by atoms with Gasteiger partial charge in [-0.25, -0.2) is 0 Å². The van der Waals surface area contributed by atoms with E-state index in [1.807, 2.05) is 29.2 Å². The second-order valence-electron chi connectivity index (χ2n) is 8.06. The molecule has 0 saturated carbocycles. The molecule has 7 nitrogen and oxygen atoms in total. The number of carbonyl (C=O) groups excluding carboxylic acids is 1. The fourth-order valence-electron chi connectivity index (χ4n) is 4.55. The quantitative estimate of drug-likeness (QED) is 0.776. The molecule has 0 N–H and O–H groups in total. The molecule has 2 aromatic rings. The molecule has 2 aliphatic rings. The molecule has 0 aliphatic carbocycles. The number of carbonyl (C=O) groups is 1. The van der Waals surface area contributed by atoms with Crippen molar-refractivity contribution in [3.63, 3.8) is 0 Å². The Morgan fingerprint density at radius 1 is 1.14 bits per heavy atom. The minimum Gasteiger partial charge on any atom is -0.496 e. The van der Waals surface area contributed by atoms with Gasteiger partial charge in [0.2, 0.25) is 5.91 Å². The third kappa shape index (κ3) is 4.29. The third-order valence-electron chi connectivity index (χ3n) is 6.28. The first-order valence-corrected chi connectivity index (χ1v) is 10.7. The lowest BCUT2D eigenvalue weighted by molar-refractivity contribution is -0.131. The fourth-order valence-corrected chi connectivity index (χ4v) is 4.55. The summed E-state index contributed by atoms with van der Waals surface area (Å²) in [7, 11) is 3.85. The van der Waals surface area contributed by atoms with Gasteiger partial charge in [0.25, 0.3) is 0 Å². The average molecular weight is 398 g/mol. The SMILES string of the molecule is COc1ccccc1CCC(=O)N1CCc2nnc([C@H]3CCCCN3C)n2CC1. The zero-order valence-corrected chi connectivity index (χ0v) is 17.5. The summed E-state index contributed by atoms with van der Waals surface area (Å²) < 4.78 is 7.67. The molecule has 0 unspecified atom stereocenters. The van der Waals surface area contributed by atoms with Crippen molar-refractivity contribution in [1.82, 2.24) is 24.6 Å². The van der Waals surface area contributed by atoms with E-state index in [9.17, 15) is 4.79 Å². The van der Waals surface area contributed by atoms with Gasteiger partial charge in [0.05, 0.1) is 13.2 Å². The minimum absolute atomic E-state index is 0.200. The molecule has 2 aliphatic heterocycles. The smallest absolute Gasteiger partial charge is 0.222 e. The van der Waals surface area contributed by atoms with Crippen LogP contribution in [0.5, 0.6) is 5.75 Å². The van der Waals surface area contributed by atoms with Crippen molar-refractivity contribution < 1.29 is 9.53 Å². The van der Waals surface area contributed by atoms with E-state index < -0.39 is 0 Å². The Morgan fingerprint density at radius 2 is 2.00 bits per heavy atom. The summed E-state index contributed by atoms with van der Waals surface area (Å²) in [5.74, 6) is 3.14. The summed E-state index contributed by atoms with van der Waals surface area (Å²) in [5.41, 5.74) is 1.08. The highest BCUT2D eigenvalue weighted by molar-refractivity contribution is 5.76. The molecule has 1 saturated heterocycles. The second-order valence-corrected chi connectivity index (χ2v) is 8.06. The highest BCUT2D eigenvalue weighted by Crippen LogP contribution is 2.29. The van der Waals surface area contributed by atoms with Crippen LogP contribution in [0.25, 0.3) is 0 Å². The van der Waals surface area contributed by atoms with Crippen LogP contribution >= 0.6 is 0 Å². The molecule has 1 amide bonds. The van der Waals surface area contributed by atoms with Gasteiger partial charge >= 0.3 is 0 Å². The van der Waals surface area contributed by atoms with Gasteiger partial charge in [-0.1, -0.05) is 24.6 Å². The third-order valence-corrected chi connectivity index (χ3v) is 6.28. The van der Waals surface area contributed by atoms with Crippen LogP contribution in [0.2, 0.25) is 0 Å². The molecule has 0 radical (unpaired) electrons. The Bertz CT molecular complexity index is 849. The number of para-hydroxylation sites is 1. The normalized spacial score (nSPS) is 20.2. The van der Waals surface area contributed by atoms with E-state index in [2.05, 4.69) is 26.7 Å². The van der Waals surface area contributed by atoms with Gasteiger partial charge in [-0.05, 0) is 44.5 Å². The molecule has 29 heavy (non-hydrogen) atoms. The van der Waals surface area contributed by atoms with Crippen molar-refractivity contribution in [3.8, 4) is 5.75 Å². The second kappa shape index (κ2) is 8.95. The van der Waals surface area contributed by atoms with Gasteiger partial charge in [0.15, 0.2) is 0 Å². The number of methoxy groups -OCH3 is 1. The Morgan fingerprint density at radius 3 is 2.83 bits per heavy atom. The van der Waals surface area contributed by atoms with Crippen LogP contribution in [0.3, 0.4) is 0 Å². The largest absolute Gasteiger partial charge is 0.496 e. The van der Waals surface area contributed by atoms with Gasteiger partial charge in [0, 0.05) is 32.5 Å². The van der Waals surface area contributed by atoms with E-state index in [1.54, 1.807) is 7.11 Å². The number of fused-ring (bicyclic) bond motifs is 1. The number of amides is 1. The number of likely N-dealkylation sites (tertiary alicyclic amines) is 1. The van der Waals surface area contributed by atoms with Crippen molar-refractivity contribution in [2.75, 3.05) is 33.8 Å². The Balaban J connectivity index is 1.39. The molecule has 1 aromatic carbocycles. The molecule has 156 valence electrons. The van der Waals surface area contributed by atoms with E-state index >= 15 is 0 Å². The number of benzene rings is 1. The highest BCUT2D eigenvalue weighted by Gasteiger charge is 2.29. The van der Waals surface area contributed by atoms with Crippen LogP contribution in [0.15, 0.2) is 24.3 Å². The van der Waals surface area contributed by atoms with Crippen LogP contribution < -0.4 is 4.74 Å². The number of ether oxygens (including phenoxy) is 1. The molecule has 3 heterocycles.